The van der Waals surface area contributed by atoms with Crippen molar-refractivity contribution < 1.29 is 24.1 Å². The minimum Gasteiger partial charge on any atom is -0.493 e. The van der Waals surface area contributed by atoms with Crippen molar-refractivity contribution in [1.29, 1.82) is 0 Å². The molecule has 0 amide bonds. The molecule has 15 heteroatoms. The van der Waals surface area contributed by atoms with Gasteiger partial charge >= 0.3 is 5.97 Å². The van der Waals surface area contributed by atoms with Crippen molar-refractivity contribution in [2.24, 2.45) is 5.18 Å². The Morgan fingerprint density at radius 1 is 1.22 bits per heavy atom. The molecule has 0 bridgehead atoms. The number of nitrogens with zero attached hydrogens (tertiary/aromatic N) is 5. The molecule has 2 aliphatic rings. The molecule has 236 valence electrons. The van der Waals surface area contributed by atoms with Crippen LogP contribution in [0.1, 0.15) is 41.7 Å². The number of hydrazine groups is 1. The van der Waals surface area contributed by atoms with Gasteiger partial charge in [-0.05, 0) is 57.1 Å². The van der Waals surface area contributed by atoms with Crippen molar-refractivity contribution >= 4 is 56.5 Å². The largest absolute Gasteiger partial charge is 0.493 e. The summed E-state index contributed by atoms with van der Waals surface area (Å²) in [5, 5.41) is 23.9. The fourth-order valence-electron chi connectivity index (χ4n) is 6.17. The second kappa shape index (κ2) is 11.6. The molecular weight excluding hydrogens is 605 g/mol. The van der Waals surface area contributed by atoms with Gasteiger partial charge in [-0.1, -0.05) is 11.6 Å². The zero-order chi connectivity index (χ0) is 32.2. The van der Waals surface area contributed by atoms with Gasteiger partial charge in [-0.25, -0.2) is 9.18 Å². The normalized spacial score (nSPS) is 17.1. The molecule has 6 rings (SSSR count). The molecule has 45 heavy (non-hydrogen) atoms. The number of halogens is 1. The van der Waals surface area contributed by atoms with E-state index in [1.165, 1.54) is 13.3 Å². The Morgan fingerprint density at radius 3 is 2.62 bits per heavy atom. The van der Waals surface area contributed by atoms with Crippen LogP contribution in [0.2, 0.25) is 0 Å². The van der Waals surface area contributed by atoms with Gasteiger partial charge in [-0.15, -0.1) is 4.91 Å². The van der Waals surface area contributed by atoms with E-state index in [9.17, 15) is 24.7 Å². The zero-order valence-electron chi connectivity index (χ0n) is 24.8. The van der Waals surface area contributed by atoms with Gasteiger partial charge in [0.15, 0.2) is 11.6 Å². The number of carboxylic acids is 1. The number of piperazine rings is 1. The highest BCUT2D eigenvalue weighted by Gasteiger charge is 2.34. The maximum atomic E-state index is 15.9. The average Bonchev–Trinajstić information content (AvgIpc) is 3.82. The van der Waals surface area contributed by atoms with Gasteiger partial charge in [0, 0.05) is 48.5 Å². The van der Waals surface area contributed by atoms with Crippen LogP contribution in [0.15, 0.2) is 40.4 Å². The van der Waals surface area contributed by atoms with E-state index in [1.807, 2.05) is 36.9 Å². The molecule has 0 spiro atoms. The second-order valence-electron chi connectivity index (χ2n) is 11.5. The lowest BCUT2D eigenvalue weighted by molar-refractivity contribution is 0.0694. The van der Waals surface area contributed by atoms with Crippen molar-refractivity contribution in [3.05, 3.63) is 62.5 Å². The van der Waals surface area contributed by atoms with E-state index >= 15 is 4.39 Å². The van der Waals surface area contributed by atoms with E-state index in [0.29, 0.717) is 37.5 Å². The van der Waals surface area contributed by atoms with Crippen LogP contribution in [0.5, 0.6) is 11.6 Å². The Bertz CT molecular complexity index is 1940. The van der Waals surface area contributed by atoms with E-state index in [2.05, 4.69) is 20.9 Å². The summed E-state index contributed by atoms with van der Waals surface area (Å²) in [6.07, 6.45) is 2.97. The van der Waals surface area contributed by atoms with Gasteiger partial charge in [0.2, 0.25) is 11.3 Å². The number of carbonyl (C=O) groups is 1. The predicted molar refractivity (Wildman–Crippen MR) is 172 cm³/mol. The molecule has 2 aromatic heterocycles. The molecule has 4 N–H and O–H groups in total. The number of pyridine rings is 1. The highest BCUT2D eigenvalue weighted by molar-refractivity contribution is 7.80. The van der Waals surface area contributed by atoms with Crippen LogP contribution in [0.3, 0.4) is 0 Å². The number of methoxy groups -OCH3 is 1. The first-order valence-electron chi connectivity index (χ1n) is 14.4. The number of aromatic hydroxyl groups is 1. The summed E-state index contributed by atoms with van der Waals surface area (Å²) in [5.41, 5.74) is 6.84. The summed E-state index contributed by atoms with van der Waals surface area (Å²) in [6.45, 7) is 5.56. The standard InChI is InChI=1S/C30H32FN7O6S/c1-15-4-7-22-18(10-15)23(32-33-30(45)34-43)28(40)38(22)14-36-9-8-35(12-16(36)2)25-21(31)11-19-24(27(25)44-3)37(17-5-6-17)13-20(26(19)39)29(41)42/h4,7,10-11,13,16-17,32,40H,5-6,8-9,12,14H2,1-3H3,(H,33,45)(H,41,42). The van der Waals surface area contributed by atoms with Crippen molar-refractivity contribution in [2.45, 2.75) is 45.4 Å². The second-order valence-corrected chi connectivity index (χ2v) is 11.9. The Morgan fingerprint density at radius 2 is 1.98 bits per heavy atom. The van der Waals surface area contributed by atoms with E-state index in [1.54, 1.807) is 9.13 Å². The summed E-state index contributed by atoms with van der Waals surface area (Å²) < 4.78 is 25.1. The third-order valence-electron chi connectivity index (χ3n) is 8.55. The summed E-state index contributed by atoms with van der Waals surface area (Å²) in [4.78, 5) is 39.7. The van der Waals surface area contributed by atoms with E-state index in [4.69, 9.17) is 17.0 Å². The summed E-state index contributed by atoms with van der Waals surface area (Å²) in [7, 11) is 1.42. The number of ether oxygens (including phenoxy) is 1. The number of hydrogen-bond acceptors (Lipinski definition) is 9. The number of thiocarbonyl (C=S) groups is 1. The van der Waals surface area contributed by atoms with E-state index in [-0.39, 0.29) is 39.9 Å². The molecule has 3 heterocycles. The van der Waals surface area contributed by atoms with Gasteiger partial charge in [0.25, 0.3) is 5.11 Å². The predicted octanol–water partition coefficient (Wildman–Crippen LogP) is 4.29. The van der Waals surface area contributed by atoms with Crippen molar-refractivity contribution in [3.8, 4) is 11.6 Å². The maximum absolute atomic E-state index is 15.9. The van der Waals surface area contributed by atoms with Crippen LogP contribution in [0.25, 0.3) is 21.8 Å². The Balaban J connectivity index is 1.32. The Labute approximate surface area is 261 Å². The van der Waals surface area contributed by atoms with Crippen LogP contribution in [-0.2, 0) is 6.67 Å². The number of aromatic carboxylic acids is 1. The number of aryl methyl sites for hydroxylation is 1. The minimum atomic E-state index is -1.36. The minimum absolute atomic E-state index is 0.00176. The molecule has 1 unspecified atom stereocenters. The highest BCUT2D eigenvalue weighted by Crippen LogP contribution is 2.44. The molecule has 1 saturated heterocycles. The Hall–Kier alpha value is -4.76. The molecule has 4 aromatic rings. The molecule has 2 aromatic carbocycles. The number of anilines is 2. The van der Waals surface area contributed by atoms with Crippen molar-refractivity contribution in [3.63, 3.8) is 0 Å². The molecule has 1 aliphatic heterocycles. The fraction of sp³-hybridized carbons (Fsp3) is 0.367. The van der Waals surface area contributed by atoms with Crippen molar-refractivity contribution in [1.82, 2.24) is 19.5 Å². The first-order chi connectivity index (χ1) is 21.5. The molecule has 1 aliphatic carbocycles. The molecule has 13 nitrogen and oxygen atoms in total. The number of nitrogens with one attached hydrogen (secondary N) is 2. The quantitative estimate of drug-likeness (QED) is 0.124. The van der Waals surface area contributed by atoms with Crippen LogP contribution < -0.4 is 25.9 Å². The van der Waals surface area contributed by atoms with Gasteiger partial charge in [-0.2, -0.15) is 0 Å². The molecule has 1 saturated carbocycles. The lowest BCUT2D eigenvalue weighted by Crippen LogP contribution is -2.52. The van der Waals surface area contributed by atoms with E-state index < -0.39 is 22.8 Å². The van der Waals surface area contributed by atoms with E-state index in [0.717, 1.165) is 35.4 Å². The maximum Gasteiger partial charge on any atom is 0.341 e. The third kappa shape index (κ3) is 5.31. The first-order valence-corrected chi connectivity index (χ1v) is 14.8. The average molecular weight is 638 g/mol. The Kier molecular flexibility index (Phi) is 7.82. The summed E-state index contributed by atoms with van der Waals surface area (Å²) in [5.74, 6) is -1.89. The molecule has 0 radical (unpaired) electrons. The zero-order valence-corrected chi connectivity index (χ0v) is 25.7. The van der Waals surface area contributed by atoms with Crippen LogP contribution in [0.4, 0.5) is 15.8 Å². The fourth-order valence-corrected chi connectivity index (χ4v) is 6.23. The number of fused-ring (bicyclic) bond motifs is 2. The topological polar surface area (TPSA) is 154 Å². The molecule has 2 fully saturated rings. The van der Waals surface area contributed by atoms with Gasteiger partial charge < -0.3 is 24.4 Å². The van der Waals surface area contributed by atoms with Crippen LogP contribution in [0, 0.1) is 17.6 Å². The van der Waals surface area contributed by atoms with Crippen molar-refractivity contribution in [2.75, 3.05) is 37.1 Å². The number of rotatable bonds is 8. The highest BCUT2D eigenvalue weighted by atomic mass is 32.1. The van der Waals surface area contributed by atoms with Crippen LogP contribution in [-0.4, -0.2) is 68.1 Å². The monoisotopic (exact) mass is 637 g/mol. The molecular formula is C30H32FN7O6S. The lowest BCUT2D eigenvalue weighted by atomic mass is 10.1. The summed E-state index contributed by atoms with van der Waals surface area (Å²) in [6, 6.07) is 6.76. The van der Waals surface area contributed by atoms with Gasteiger partial charge in [0.1, 0.15) is 16.9 Å². The first kappa shape index (κ1) is 30.3. The molecule has 1 atom stereocenters. The number of carboxylic acid groups (broad SMARTS) is 1. The lowest BCUT2D eigenvalue weighted by Gasteiger charge is -2.41. The third-order valence-corrected chi connectivity index (χ3v) is 8.72. The number of aromatic nitrogens is 2. The number of nitroso groups, excluding NO2 is 1. The summed E-state index contributed by atoms with van der Waals surface area (Å²) >= 11 is 4.82. The SMILES string of the molecule is COc1c(N2CCN(Cn3c(O)c(NNC(=S)N=O)c4cc(C)ccc43)C(C)C2)c(F)cc2c(=O)c(C(=O)O)cn(C3CC3)c12. The van der Waals surface area contributed by atoms with Gasteiger partial charge in [0.05, 0.1) is 30.2 Å². The van der Waals surface area contributed by atoms with Gasteiger partial charge in [-0.3, -0.25) is 25.1 Å². The van der Waals surface area contributed by atoms with Crippen LogP contribution >= 0.6 is 12.2 Å². The smallest absolute Gasteiger partial charge is 0.341 e. The number of benzene rings is 2. The number of hydrogen-bond donors (Lipinski definition) is 4.